The molecule has 124 valence electrons. The fourth-order valence-electron chi connectivity index (χ4n) is 3.89. The van der Waals surface area contributed by atoms with E-state index in [2.05, 4.69) is 38.8 Å². The van der Waals surface area contributed by atoms with Gasteiger partial charge >= 0.3 is 5.63 Å². The molecule has 1 aliphatic carbocycles. The zero-order valence-electron chi connectivity index (χ0n) is 14.7. The molecule has 3 heteroatoms. The van der Waals surface area contributed by atoms with Crippen molar-refractivity contribution in [3.63, 3.8) is 0 Å². The van der Waals surface area contributed by atoms with Gasteiger partial charge < -0.3 is 4.42 Å². The molecular weight excluding hydrogens is 286 g/mol. The van der Waals surface area contributed by atoms with Crippen molar-refractivity contribution in [2.24, 2.45) is 0 Å². The van der Waals surface area contributed by atoms with Crippen molar-refractivity contribution in [2.45, 2.75) is 65.0 Å². The number of hydrogen-bond donors (Lipinski definition) is 0. The highest BCUT2D eigenvalue weighted by atomic mass is 16.4. The molecule has 0 atom stereocenters. The standard InChI is InChI=1S/C20H27NO2/c1-13(2)17-11-18-15(12-21(4)16-7-5-6-8-16)10-20(22)23-19(18)9-14(17)3/h9-11,13,16H,5-8,12H2,1-4H3. The Morgan fingerprint density at radius 2 is 1.91 bits per heavy atom. The predicted molar refractivity (Wildman–Crippen MR) is 95.0 cm³/mol. The quantitative estimate of drug-likeness (QED) is 0.774. The van der Waals surface area contributed by atoms with Crippen LogP contribution >= 0.6 is 0 Å². The largest absolute Gasteiger partial charge is 0.423 e. The second-order valence-electron chi connectivity index (χ2n) is 7.30. The summed E-state index contributed by atoms with van der Waals surface area (Å²) < 4.78 is 5.45. The average molecular weight is 313 g/mol. The van der Waals surface area contributed by atoms with Gasteiger partial charge in [-0.2, -0.15) is 0 Å². The summed E-state index contributed by atoms with van der Waals surface area (Å²) in [4.78, 5) is 14.4. The van der Waals surface area contributed by atoms with E-state index in [0.29, 0.717) is 17.5 Å². The zero-order chi connectivity index (χ0) is 16.6. The lowest BCUT2D eigenvalue weighted by Gasteiger charge is -2.24. The Balaban J connectivity index is 2.03. The summed E-state index contributed by atoms with van der Waals surface area (Å²) in [7, 11) is 2.17. The summed E-state index contributed by atoms with van der Waals surface area (Å²) >= 11 is 0. The molecule has 23 heavy (non-hydrogen) atoms. The summed E-state index contributed by atoms with van der Waals surface area (Å²) in [6, 6.07) is 6.56. The van der Waals surface area contributed by atoms with Crippen LogP contribution in [0.5, 0.6) is 0 Å². The van der Waals surface area contributed by atoms with E-state index >= 15 is 0 Å². The van der Waals surface area contributed by atoms with E-state index in [1.54, 1.807) is 6.07 Å². The first-order valence-corrected chi connectivity index (χ1v) is 8.73. The van der Waals surface area contributed by atoms with E-state index in [1.165, 1.54) is 36.8 Å². The van der Waals surface area contributed by atoms with Crippen molar-refractivity contribution < 1.29 is 4.42 Å². The van der Waals surface area contributed by atoms with E-state index in [1.807, 2.05) is 6.07 Å². The van der Waals surface area contributed by atoms with Gasteiger partial charge in [-0.3, -0.25) is 4.90 Å². The number of rotatable bonds is 4. The van der Waals surface area contributed by atoms with Gasteiger partial charge in [0.2, 0.25) is 0 Å². The van der Waals surface area contributed by atoms with Crippen LogP contribution in [-0.4, -0.2) is 18.0 Å². The lowest BCUT2D eigenvalue weighted by molar-refractivity contribution is 0.238. The molecule has 0 N–H and O–H groups in total. The van der Waals surface area contributed by atoms with E-state index in [0.717, 1.165) is 17.5 Å². The number of benzene rings is 1. The smallest absolute Gasteiger partial charge is 0.336 e. The summed E-state index contributed by atoms with van der Waals surface area (Å²) in [5.74, 6) is 0.465. The van der Waals surface area contributed by atoms with Crippen LogP contribution in [-0.2, 0) is 6.54 Å². The Hall–Kier alpha value is -1.61. The van der Waals surface area contributed by atoms with Crippen molar-refractivity contribution in [1.82, 2.24) is 4.90 Å². The van der Waals surface area contributed by atoms with Crippen LogP contribution in [0.3, 0.4) is 0 Å². The van der Waals surface area contributed by atoms with Crippen LogP contribution in [0, 0.1) is 6.92 Å². The Morgan fingerprint density at radius 1 is 1.22 bits per heavy atom. The second-order valence-corrected chi connectivity index (χ2v) is 7.30. The maximum absolute atomic E-state index is 12.0. The van der Waals surface area contributed by atoms with Gasteiger partial charge in [-0.15, -0.1) is 0 Å². The monoisotopic (exact) mass is 313 g/mol. The first-order chi connectivity index (χ1) is 11.0. The summed E-state index contributed by atoms with van der Waals surface area (Å²) in [6.45, 7) is 7.31. The molecule has 0 radical (unpaired) electrons. The van der Waals surface area contributed by atoms with Gasteiger partial charge in [0.05, 0.1) is 0 Å². The molecule has 1 aromatic carbocycles. The molecule has 1 fully saturated rings. The molecule has 2 aromatic rings. The summed E-state index contributed by atoms with van der Waals surface area (Å²) in [5, 5.41) is 1.09. The van der Waals surface area contributed by atoms with E-state index in [-0.39, 0.29) is 5.63 Å². The van der Waals surface area contributed by atoms with Crippen molar-refractivity contribution in [3.05, 3.63) is 45.3 Å². The highest BCUT2D eigenvalue weighted by Crippen LogP contribution is 2.29. The van der Waals surface area contributed by atoms with Crippen molar-refractivity contribution in [3.8, 4) is 0 Å². The normalized spacial score (nSPS) is 16.1. The topological polar surface area (TPSA) is 33.5 Å². The van der Waals surface area contributed by atoms with Crippen LogP contribution in [0.1, 0.15) is 62.1 Å². The Labute approximate surface area is 138 Å². The molecule has 0 bridgehead atoms. The maximum Gasteiger partial charge on any atom is 0.336 e. The predicted octanol–water partition coefficient (Wildman–Crippen LogP) is 4.60. The molecule has 1 saturated carbocycles. The molecule has 0 amide bonds. The molecule has 0 spiro atoms. The number of nitrogens with zero attached hydrogens (tertiary/aromatic N) is 1. The summed E-state index contributed by atoms with van der Waals surface area (Å²) in [5.41, 5.74) is 4.08. The molecule has 1 aliphatic rings. The average Bonchev–Trinajstić information content (AvgIpc) is 3.00. The third-order valence-electron chi connectivity index (χ3n) is 5.21. The summed E-state index contributed by atoms with van der Waals surface area (Å²) in [6.07, 6.45) is 5.19. The molecule has 3 nitrogen and oxygen atoms in total. The van der Waals surface area contributed by atoms with Gasteiger partial charge in [0.1, 0.15) is 5.58 Å². The lowest BCUT2D eigenvalue weighted by atomic mass is 9.94. The van der Waals surface area contributed by atoms with Gasteiger partial charge in [0.15, 0.2) is 0 Å². The van der Waals surface area contributed by atoms with E-state index < -0.39 is 0 Å². The molecule has 1 heterocycles. The minimum absolute atomic E-state index is 0.246. The molecular formula is C20H27NO2. The Kier molecular flexibility index (Phi) is 4.58. The first kappa shape index (κ1) is 16.3. The Bertz CT molecular complexity index is 754. The van der Waals surface area contributed by atoms with Gasteiger partial charge in [-0.1, -0.05) is 26.7 Å². The SMILES string of the molecule is Cc1cc2oc(=O)cc(CN(C)C3CCCC3)c2cc1C(C)C. The molecule has 1 aromatic heterocycles. The van der Waals surface area contributed by atoms with Crippen LogP contribution < -0.4 is 5.63 Å². The lowest BCUT2D eigenvalue weighted by Crippen LogP contribution is -2.29. The van der Waals surface area contributed by atoms with E-state index in [4.69, 9.17) is 4.42 Å². The maximum atomic E-state index is 12.0. The Morgan fingerprint density at radius 3 is 2.57 bits per heavy atom. The number of hydrogen-bond acceptors (Lipinski definition) is 3. The van der Waals surface area contributed by atoms with Crippen molar-refractivity contribution >= 4 is 11.0 Å². The molecule has 0 saturated heterocycles. The van der Waals surface area contributed by atoms with Gasteiger partial charge in [0, 0.05) is 24.0 Å². The second kappa shape index (κ2) is 6.48. The zero-order valence-corrected chi connectivity index (χ0v) is 14.7. The van der Waals surface area contributed by atoms with Crippen LogP contribution in [0.25, 0.3) is 11.0 Å². The highest BCUT2D eigenvalue weighted by molar-refractivity contribution is 5.82. The first-order valence-electron chi connectivity index (χ1n) is 8.73. The minimum Gasteiger partial charge on any atom is -0.423 e. The van der Waals surface area contributed by atoms with Crippen LogP contribution in [0.4, 0.5) is 0 Å². The van der Waals surface area contributed by atoms with Gasteiger partial charge in [0.25, 0.3) is 0 Å². The third kappa shape index (κ3) is 3.35. The van der Waals surface area contributed by atoms with Crippen LogP contribution in [0.2, 0.25) is 0 Å². The number of fused-ring (bicyclic) bond motifs is 1. The molecule has 3 rings (SSSR count). The van der Waals surface area contributed by atoms with Crippen molar-refractivity contribution in [2.75, 3.05) is 7.05 Å². The van der Waals surface area contributed by atoms with Crippen LogP contribution in [0.15, 0.2) is 27.4 Å². The fourth-order valence-corrected chi connectivity index (χ4v) is 3.89. The minimum atomic E-state index is -0.246. The number of aryl methyl sites for hydroxylation is 1. The third-order valence-corrected chi connectivity index (χ3v) is 5.21. The highest BCUT2D eigenvalue weighted by Gasteiger charge is 2.21. The van der Waals surface area contributed by atoms with Gasteiger partial charge in [-0.05, 0) is 61.6 Å². The molecule has 0 unspecified atom stereocenters. The van der Waals surface area contributed by atoms with Gasteiger partial charge in [-0.25, -0.2) is 4.79 Å². The fraction of sp³-hybridized carbons (Fsp3) is 0.550. The van der Waals surface area contributed by atoms with E-state index in [9.17, 15) is 4.79 Å². The molecule has 0 aliphatic heterocycles. The van der Waals surface area contributed by atoms with Crippen molar-refractivity contribution in [1.29, 1.82) is 0 Å².